The van der Waals surface area contributed by atoms with Crippen molar-refractivity contribution < 1.29 is 9.53 Å². The van der Waals surface area contributed by atoms with Gasteiger partial charge in [-0.2, -0.15) is 0 Å². The van der Waals surface area contributed by atoms with Crippen LogP contribution in [0.15, 0.2) is 12.3 Å². The number of unbranched alkanes of at least 4 members (excludes halogenated alkanes) is 1. The molecule has 0 bridgehead atoms. The number of ether oxygens (including phenoxy) is 1. The number of esters is 1. The lowest BCUT2D eigenvalue weighted by molar-refractivity contribution is 0.0527. The van der Waals surface area contributed by atoms with E-state index in [1.807, 2.05) is 24.6 Å². The third kappa shape index (κ3) is 3.14. The Balaban J connectivity index is 2.20. The first-order chi connectivity index (χ1) is 12.1. The van der Waals surface area contributed by atoms with Crippen LogP contribution < -0.4 is 5.32 Å². The van der Waals surface area contributed by atoms with Crippen molar-refractivity contribution >= 4 is 33.9 Å². The van der Waals surface area contributed by atoms with Crippen LogP contribution in [0.2, 0.25) is 0 Å². The molecule has 0 amide bonds. The van der Waals surface area contributed by atoms with Crippen LogP contribution >= 0.6 is 0 Å². The minimum absolute atomic E-state index is 0.321. The molecule has 7 heteroatoms. The van der Waals surface area contributed by atoms with E-state index in [1.165, 1.54) is 6.20 Å². The number of hydrogen-bond donors (Lipinski definition) is 1. The van der Waals surface area contributed by atoms with E-state index in [0.29, 0.717) is 17.8 Å². The number of rotatable bonds is 6. The summed E-state index contributed by atoms with van der Waals surface area (Å²) in [5, 5.41) is 4.15. The van der Waals surface area contributed by atoms with E-state index in [1.54, 1.807) is 6.92 Å². The number of anilines is 1. The molecular weight excluding hydrogens is 318 g/mol. The Kier molecular flexibility index (Phi) is 4.83. The van der Waals surface area contributed by atoms with Gasteiger partial charge in [0.25, 0.3) is 0 Å². The minimum Gasteiger partial charge on any atom is -0.462 e. The molecule has 0 unspecified atom stereocenters. The second-order valence-corrected chi connectivity index (χ2v) is 5.97. The van der Waals surface area contributed by atoms with E-state index in [0.717, 1.165) is 47.4 Å². The molecule has 0 radical (unpaired) electrons. The molecule has 0 aliphatic heterocycles. The molecule has 0 saturated carbocycles. The molecule has 0 spiro atoms. The van der Waals surface area contributed by atoms with Crippen LogP contribution in [-0.4, -0.2) is 38.6 Å². The largest absolute Gasteiger partial charge is 0.462 e. The highest BCUT2D eigenvalue weighted by atomic mass is 16.5. The zero-order chi connectivity index (χ0) is 18.0. The maximum Gasteiger partial charge on any atom is 0.341 e. The predicted molar refractivity (Wildman–Crippen MR) is 97.9 cm³/mol. The van der Waals surface area contributed by atoms with Crippen molar-refractivity contribution in [1.29, 1.82) is 0 Å². The van der Waals surface area contributed by atoms with E-state index in [9.17, 15) is 4.79 Å². The first-order valence-electron chi connectivity index (χ1n) is 8.60. The Bertz CT molecular complexity index is 932. The van der Waals surface area contributed by atoms with E-state index in [-0.39, 0.29) is 5.97 Å². The summed E-state index contributed by atoms with van der Waals surface area (Å²) < 4.78 is 7.11. The molecule has 0 aliphatic rings. The standard InChI is InChI=1S/C18H23N5O2/c1-5-7-8-19-15-12-9-14-17(23(4)11(3)21-14)22-16(12)20-10-13(15)18(24)25-6-2/h9-10H,5-8H2,1-4H3,(H,19,20,22). The SMILES string of the molecule is CCCCNc1c(C(=O)OCC)cnc2nc3c(cc12)nc(C)n3C. The van der Waals surface area contributed by atoms with Gasteiger partial charge in [-0.15, -0.1) is 0 Å². The first-order valence-corrected chi connectivity index (χ1v) is 8.60. The molecule has 3 aromatic rings. The number of carbonyl (C=O) groups excluding carboxylic acids is 1. The molecule has 0 aliphatic carbocycles. The summed E-state index contributed by atoms with van der Waals surface area (Å²) in [6.07, 6.45) is 3.60. The van der Waals surface area contributed by atoms with Gasteiger partial charge in [0.05, 0.1) is 12.3 Å². The highest BCUT2D eigenvalue weighted by molar-refractivity contribution is 6.06. The van der Waals surface area contributed by atoms with E-state index < -0.39 is 0 Å². The number of fused-ring (bicyclic) bond motifs is 2. The Morgan fingerprint density at radius 3 is 2.84 bits per heavy atom. The van der Waals surface area contributed by atoms with Gasteiger partial charge in [0.15, 0.2) is 11.3 Å². The third-order valence-corrected chi connectivity index (χ3v) is 4.23. The molecule has 132 valence electrons. The van der Waals surface area contributed by atoms with Crippen molar-refractivity contribution in [2.24, 2.45) is 7.05 Å². The lowest BCUT2D eigenvalue weighted by atomic mass is 10.1. The monoisotopic (exact) mass is 341 g/mol. The van der Waals surface area contributed by atoms with Crippen LogP contribution in [0.3, 0.4) is 0 Å². The average molecular weight is 341 g/mol. The van der Waals surface area contributed by atoms with Crippen molar-refractivity contribution in [3.8, 4) is 0 Å². The number of aryl methyl sites for hydroxylation is 2. The van der Waals surface area contributed by atoms with Crippen LogP contribution in [0.5, 0.6) is 0 Å². The van der Waals surface area contributed by atoms with Crippen LogP contribution in [0.25, 0.3) is 22.2 Å². The summed E-state index contributed by atoms with van der Waals surface area (Å²) in [6.45, 7) is 6.94. The van der Waals surface area contributed by atoms with Gasteiger partial charge in [0, 0.05) is 25.2 Å². The predicted octanol–water partition coefficient (Wildman–Crippen LogP) is 3.21. The van der Waals surface area contributed by atoms with Gasteiger partial charge in [0.2, 0.25) is 0 Å². The van der Waals surface area contributed by atoms with Gasteiger partial charge < -0.3 is 14.6 Å². The van der Waals surface area contributed by atoms with Gasteiger partial charge in [-0.05, 0) is 26.3 Å². The topological polar surface area (TPSA) is 81.9 Å². The van der Waals surface area contributed by atoms with Crippen molar-refractivity contribution in [3.05, 3.63) is 23.7 Å². The Morgan fingerprint density at radius 2 is 2.12 bits per heavy atom. The lowest BCUT2D eigenvalue weighted by Gasteiger charge is -2.13. The summed E-state index contributed by atoms with van der Waals surface area (Å²) in [4.78, 5) is 25.9. The maximum absolute atomic E-state index is 12.3. The van der Waals surface area contributed by atoms with Crippen LogP contribution in [0.4, 0.5) is 5.69 Å². The second kappa shape index (κ2) is 7.04. The number of imidazole rings is 1. The van der Waals surface area contributed by atoms with Gasteiger partial charge in [-0.3, -0.25) is 0 Å². The molecule has 3 heterocycles. The highest BCUT2D eigenvalue weighted by Crippen LogP contribution is 2.28. The fourth-order valence-corrected chi connectivity index (χ4v) is 2.78. The van der Waals surface area contributed by atoms with Gasteiger partial charge in [0.1, 0.15) is 16.9 Å². The Hall–Kier alpha value is -2.70. The zero-order valence-corrected chi connectivity index (χ0v) is 15.1. The van der Waals surface area contributed by atoms with Crippen LogP contribution in [0, 0.1) is 6.92 Å². The number of hydrogen-bond acceptors (Lipinski definition) is 6. The summed E-state index contributed by atoms with van der Waals surface area (Å²) in [5.41, 5.74) is 3.30. The molecule has 3 aromatic heterocycles. The number of nitrogens with one attached hydrogen (secondary N) is 1. The fraction of sp³-hybridized carbons (Fsp3) is 0.444. The van der Waals surface area contributed by atoms with E-state index in [2.05, 4.69) is 27.2 Å². The van der Waals surface area contributed by atoms with E-state index >= 15 is 0 Å². The quantitative estimate of drug-likeness (QED) is 0.547. The third-order valence-electron chi connectivity index (χ3n) is 4.23. The summed E-state index contributed by atoms with van der Waals surface area (Å²) in [6, 6.07) is 1.94. The average Bonchev–Trinajstić information content (AvgIpc) is 2.87. The smallest absolute Gasteiger partial charge is 0.341 e. The molecule has 3 rings (SSSR count). The summed E-state index contributed by atoms with van der Waals surface area (Å²) in [5.74, 6) is 0.497. The molecule has 0 atom stereocenters. The minimum atomic E-state index is -0.381. The maximum atomic E-state index is 12.3. The molecule has 7 nitrogen and oxygen atoms in total. The molecule has 25 heavy (non-hydrogen) atoms. The van der Waals surface area contributed by atoms with Gasteiger partial charge in [-0.25, -0.2) is 19.7 Å². The fourth-order valence-electron chi connectivity index (χ4n) is 2.78. The zero-order valence-electron chi connectivity index (χ0n) is 15.1. The van der Waals surface area contributed by atoms with Crippen LogP contribution in [-0.2, 0) is 11.8 Å². The summed E-state index contributed by atoms with van der Waals surface area (Å²) >= 11 is 0. The van der Waals surface area contributed by atoms with Crippen molar-refractivity contribution in [2.75, 3.05) is 18.5 Å². The molecule has 0 fully saturated rings. The Morgan fingerprint density at radius 1 is 1.32 bits per heavy atom. The van der Waals surface area contributed by atoms with Crippen LogP contribution in [0.1, 0.15) is 42.9 Å². The van der Waals surface area contributed by atoms with Gasteiger partial charge in [-0.1, -0.05) is 13.3 Å². The Labute approximate surface area is 146 Å². The number of nitrogens with zero attached hydrogens (tertiary/aromatic N) is 4. The number of carbonyl (C=O) groups is 1. The second-order valence-electron chi connectivity index (χ2n) is 5.97. The highest BCUT2D eigenvalue weighted by Gasteiger charge is 2.18. The first kappa shape index (κ1) is 17.1. The van der Waals surface area contributed by atoms with Gasteiger partial charge >= 0.3 is 5.97 Å². The number of aromatic nitrogens is 4. The summed E-state index contributed by atoms with van der Waals surface area (Å²) in [7, 11) is 1.93. The normalized spacial score (nSPS) is 11.2. The number of pyridine rings is 2. The molecule has 1 N–H and O–H groups in total. The van der Waals surface area contributed by atoms with Crippen molar-refractivity contribution in [2.45, 2.75) is 33.6 Å². The molecule has 0 saturated heterocycles. The molecule has 0 aromatic carbocycles. The van der Waals surface area contributed by atoms with E-state index in [4.69, 9.17) is 4.74 Å². The molecular formula is C18H23N5O2. The lowest BCUT2D eigenvalue weighted by Crippen LogP contribution is -2.12. The van der Waals surface area contributed by atoms with Crippen molar-refractivity contribution in [3.63, 3.8) is 0 Å². The van der Waals surface area contributed by atoms with Crippen molar-refractivity contribution in [1.82, 2.24) is 19.5 Å².